The van der Waals surface area contributed by atoms with E-state index >= 15 is 0 Å². The number of H-pyrrole nitrogens is 1. The fourth-order valence-electron chi connectivity index (χ4n) is 5.93. The summed E-state index contributed by atoms with van der Waals surface area (Å²) in [6.07, 6.45) is 5.88. The summed E-state index contributed by atoms with van der Waals surface area (Å²) in [5.74, 6) is 0.876. The van der Waals surface area contributed by atoms with E-state index in [0.717, 1.165) is 36.4 Å². The fourth-order valence-corrected chi connectivity index (χ4v) is 5.93. The van der Waals surface area contributed by atoms with Crippen LogP contribution in [0.1, 0.15) is 56.4 Å². The molecule has 154 valence electrons. The third kappa shape index (κ3) is 2.96. The molecule has 6 nitrogen and oxygen atoms in total. The zero-order valence-electron chi connectivity index (χ0n) is 17.3. The highest BCUT2D eigenvalue weighted by Gasteiger charge is 2.57. The highest BCUT2D eigenvalue weighted by atomic mass is 16.5. The van der Waals surface area contributed by atoms with Crippen molar-refractivity contribution in [2.45, 2.75) is 64.1 Å². The van der Waals surface area contributed by atoms with Gasteiger partial charge >= 0.3 is 0 Å². The van der Waals surface area contributed by atoms with Gasteiger partial charge in [0, 0.05) is 35.6 Å². The molecule has 0 spiro atoms. The molecule has 3 heterocycles. The van der Waals surface area contributed by atoms with Gasteiger partial charge in [0.2, 0.25) is 0 Å². The fraction of sp³-hybridized carbons (Fsp3) is 0.565. The van der Waals surface area contributed by atoms with Crippen LogP contribution in [-0.4, -0.2) is 52.3 Å². The van der Waals surface area contributed by atoms with Gasteiger partial charge in [0.15, 0.2) is 0 Å². The number of benzene rings is 1. The van der Waals surface area contributed by atoms with Crippen LogP contribution in [0.25, 0.3) is 11.3 Å². The van der Waals surface area contributed by atoms with Crippen LogP contribution in [0.3, 0.4) is 0 Å². The second-order valence-corrected chi connectivity index (χ2v) is 8.93. The maximum Gasteiger partial charge on any atom is 0.272 e. The Morgan fingerprint density at radius 1 is 1.31 bits per heavy atom. The largest absolute Gasteiger partial charge is 0.493 e. The molecule has 1 amide bonds. The SMILES string of the molecule is CCOc1ccccc1-c1cc(C(=O)N2[C@@H]3CN[C@@H]4CCCC[C@H]2[C@]4(C)C3)[nH]n1. The van der Waals surface area contributed by atoms with E-state index in [0.29, 0.717) is 24.4 Å². The highest BCUT2D eigenvalue weighted by Crippen LogP contribution is 2.50. The van der Waals surface area contributed by atoms with Crippen molar-refractivity contribution >= 4 is 5.91 Å². The number of para-hydroxylation sites is 1. The van der Waals surface area contributed by atoms with Gasteiger partial charge in [-0.25, -0.2) is 0 Å². The van der Waals surface area contributed by atoms with E-state index in [2.05, 4.69) is 27.3 Å². The lowest BCUT2D eigenvalue weighted by Gasteiger charge is -2.39. The number of nitrogens with one attached hydrogen (secondary N) is 2. The Hall–Kier alpha value is -2.34. The molecule has 1 saturated carbocycles. The number of aromatic amines is 1. The lowest BCUT2D eigenvalue weighted by atomic mass is 9.72. The number of likely N-dealkylation sites (tertiary alicyclic amines) is 1. The summed E-state index contributed by atoms with van der Waals surface area (Å²) in [5.41, 5.74) is 2.42. The van der Waals surface area contributed by atoms with Crippen molar-refractivity contribution in [2.24, 2.45) is 5.41 Å². The molecule has 4 atom stereocenters. The van der Waals surface area contributed by atoms with E-state index in [9.17, 15) is 4.79 Å². The average Bonchev–Trinajstić information content (AvgIpc) is 3.25. The number of carbonyl (C=O) groups is 1. The molecule has 2 aliphatic heterocycles. The summed E-state index contributed by atoms with van der Waals surface area (Å²) in [4.78, 5) is 15.8. The summed E-state index contributed by atoms with van der Waals surface area (Å²) in [6, 6.07) is 10.8. The van der Waals surface area contributed by atoms with Crippen molar-refractivity contribution in [2.75, 3.05) is 13.2 Å². The van der Waals surface area contributed by atoms with Gasteiger partial charge < -0.3 is 15.0 Å². The van der Waals surface area contributed by atoms with E-state index in [1.54, 1.807) is 0 Å². The van der Waals surface area contributed by atoms with Gasteiger partial charge in [-0.2, -0.15) is 5.10 Å². The van der Waals surface area contributed by atoms with Crippen molar-refractivity contribution < 1.29 is 9.53 Å². The third-order valence-electron chi connectivity index (χ3n) is 7.29. The van der Waals surface area contributed by atoms with E-state index < -0.39 is 0 Å². The van der Waals surface area contributed by atoms with Crippen LogP contribution < -0.4 is 10.1 Å². The molecule has 2 saturated heterocycles. The van der Waals surface area contributed by atoms with Crippen molar-refractivity contribution in [3.63, 3.8) is 0 Å². The van der Waals surface area contributed by atoms with E-state index in [1.807, 2.05) is 37.3 Å². The molecule has 2 aromatic rings. The number of ether oxygens (including phenoxy) is 1. The van der Waals surface area contributed by atoms with Crippen molar-refractivity contribution in [3.8, 4) is 17.0 Å². The number of fused-ring (bicyclic) bond motifs is 1. The molecule has 6 heteroatoms. The van der Waals surface area contributed by atoms with E-state index in [1.165, 1.54) is 19.3 Å². The summed E-state index contributed by atoms with van der Waals surface area (Å²) in [7, 11) is 0. The molecular weight excluding hydrogens is 364 g/mol. The van der Waals surface area contributed by atoms with E-state index in [4.69, 9.17) is 4.74 Å². The number of hydrogen-bond donors (Lipinski definition) is 2. The molecule has 2 bridgehead atoms. The normalized spacial score (nSPS) is 30.8. The zero-order chi connectivity index (χ0) is 20.0. The Bertz CT molecular complexity index is 910. The van der Waals surface area contributed by atoms with Crippen molar-refractivity contribution in [1.82, 2.24) is 20.4 Å². The number of hydrogen-bond acceptors (Lipinski definition) is 4. The van der Waals surface area contributed by atoms with Gasteiger partial charge in [-0.05, 0) is 44.4 Å². The zero-order valence-corrected chi connectivity index (χ0v) is 17.3. The molecule has 29 heavy (non-hydrogen) atoms. The molecule has 1 aromatic heterocycles. The number of amides is 1. The molecule has 1 aromatic carbocycles. The molecular formula is C23H30N4O2. The first kappa shape index (κ1) is 18.7. The number of nitrogens with zero attached hydrogens (tertiary/aromatic N) is 2. The minimum atomic E-state index is 0.0840. The van der Waals surface area contributed by atoms with Crippen LogP contribution in [-0.2, 0) is 0 Å². The molecule has 3 aliphatic rings. The van der Waals surface area contributed by atoms with Crippen LogP contribution in [0.4, 0.5) is 0 Å². The molecule has 3 fully saturated rings. The smallest absolute Gasteiger partial charge is 0.272 e. The van der Waals surface area contributed by atoms with Crippen LogP contribution in [0, 0.1) is 5.41 Å². The minimum absolute atomic E-state index is 0.0840. The highest BCUT2D eigenvalue weighted by molar-refractivity contribution is 5.94. The van der Waals surface area contributed by atoms with Crippen LogP contribution >= 0.6 is 0 Å². The van der Waals surface area contributed by atoms with Gasteiger partial charge in [-0.1, -0.05) is 31.9 Å². The van der Waals surface area contributed by atoms with Crippen LogP contribution in [0.2, 0.25) is 0 Å². The number of piperidine rings is 1. The summed E-state index contributed by atoms with van der Waals surface area (Å²) >= 11 is 0. The lowest BCUT2D eigenvalue weighted by Crippen LogP contribution is -2.51. The molecule has 2 N–H and O–H groups in total. The average molecular weight is 395 g/mol. The van der Waals surface area contributed by atoms with Gasteiger partial charge in [0.25, 0.3) is 5.91 Å². The summed E-state index contributed by atoms with van der Waals surface area (Å²) in [6.45, 7) is 5.85. The molecule has 0 radical (unpaired) electrons. The predicted molar refractivity (Wildman–Crippen MR) is 112 cm³/mol. The summed E-state index contributed by atoms with van der Waals surface area (Å²) in [5, 5.41) is 11.2. The lowest BCUT2D eigenvalue weighted by molar-refractivity contribution is 0.0623. The first-order valence-corrected chi connectivity index (χ1v) is 11.0. The molecule has 5 rings (SSSR count). The van der Waals surface area contributed by atoms with Gasteiger partial charge in [0.05, 0.1) is 12.3 Å². The quantitative estimate of drug-likeness (QED) is 0.831. The molecule has 0 unspecified atom stereocenters. The Morgan fingerprint density at radius 2 is 2.14 bits per heavy atom. The standard InChI is InChI=1S/C23H30N4O2/c1-3-29-19-9-5-4-8-16(19)17-12-18(26-25-17)22(28)27-15-13-23(2)20(24-14-15)10-6-7-11-21(23)27/h4-5,8-9,12,15,20-21,24H,3,6-7,10-11,13-14H2,1-2H3,(H,25,26)/t15-,20+,21-,23+/m0/s1. The van der Waals surface area contributed by atoms with Gasteiger partial charge in [-0.15, -0.1) is 0 Å². The number of aromatic nitrogens is 2. The topological polar surface area (TPSA) is 70.2 Å². The third-order valence-corrected chi connectivity index (χ3v) is 7.29. The Morgan fingerprint density at radius 3 is 3.00 bits per heavy atom. The van der Waals surface area contributed by atoms with Crippen molar-refractivity contribution in [1.29, 1.82) is 0 Å². The number of carbonyl (C=O) groups excluding carboxylic acids is 1. The predicted octanol–water partition coefficient (Wildman–Crippen LogP) is 3.61. The Labute approximate surface area is 172 Å². The maximum atomic E-state index is 13.6. The van der Waals surface area contributed by atoms with Crippen molar-refractivity contribution in [3.05, 3.63) is 36.0 Å². The maximum absolute atomic E-state index is 13.6. The van der Waals surface area contributed by atoms with Gasteiger partial charge in [0.1, 0.15) is 11.4 Å². The first-order valence-electron chi connectivity index (χ1n) is 11.0. The minimum Gasteiger partial charge on any atom is -0.493 e. The Kier molecular flexibility index (Phi) is 4.62. The number of rotatable bonds is 4. The molecule has 1 aliphatic carbocycles. The summed E-state index contributed by atoms with van der Waals surface area (Å²) < 4.78 is 5.74. The first-order chi connectivity index (χ1) is 14.1. The van der Waals surface area contributed by atoms with Gasteiger partial charge in [-0.3, -0.25) is 9.89 Å². The van der Waals surface area contributed by atoms with Crippen LogP contribution in [0.15, 0.2) is 30.3 Å². The second kappa shape index (κ2) is 7.17. The Balaban J connectivity index is 1.45. The monoisotopic (exact) mass is 394 g/mol. The second-order valence-electron chi connectivity index (χ2n) is 8.93. The van der Waals surface area contributed by atoms with Crippen LogP contribution in [0.5, 0.6) is 5.75 Å². The van der Waals surface area contributed by atoms with E-state index in [-0.39, 0.29) is 17.4 Å².